The van der Waals surface area contributed by atoms with Crippen LogP contribution in [0.15, 0.2) is 53.5 Å². The molecule has 0 unspecified atom stereocenters. The van der Waals surface area contributed by atoms with Gasteiger partial charge in [-0.3, -0.25) is 14.5 Å². The molecule has 2 aromatic carbocycles. The Morgan fingerprint density at radius 1 is 1.12 bits per heavy atom. The fourth-order valence-corrected chi connectivity index (χ4v) is 3.28. The van der Waals surface area contributed by atoms with Crippen molar-refractivity contribution in [1.29, 1.82) is 0 Å². The fraction of sp³-hybridized carbons (Fsp3) is 0.174. The van der Waals surface area contributed by atoms with E-state index in [2.05, 4.69) is 5.32 Å². The number of carbonyl (C=O) groups excluding carboxylic acids is 1. The summed E-state index contributed by atoms with van der Waals surface area (Å²) in [6.45, 7) is 1.34. The van der Waals surface area contributed by atoms with E-state index in [1.807, 2.05) is 0 Å². The van der Waals surface area contributed by atoms with Crippen LogP contribution in [0.2, 0.25) is 0 Å². The SMILES string of the molecule is Cc1cn(C)c(=O)c(N(C(=O)NCCC(=O)O)c2ccc(-c3ccc(F)cc3F)cc2)c1O. The third-order valence-corrected chi connectivity index (χ3v) is 4.92. The maximum absolute atomic E-state index is 14.1. The smallest absolute Gasteiger partial charge is 0.326 e. The molecule has 0 fully saturated rings. The molecule has 3 aromatic rings. The molecule has 3 rings (SSSR count). The van der Waals surface area contributed by atoms with Crippen molar-refractivity contribution in [1.82, 2.24) is 9.88 Å². The van der Waals surface area contributed by atoms with Gasteiger partial charge in [0.15, 0.2) is 5.69 Å². The molecule has 0 bridgehead atoms. The number of carboxylic acid groups (broad SMARTS) is 1. The molecular weight excluding hydrogens is 436 g/mol. The number of carbonyl (C=O) groups is 2. The zero-order valence-electron chi connectivity index (χ0n) is 17.8. The summed E-state index contributed by atoms with van der Waals surface area (Å²) in [4.78, 5) is 37.5. The predicted molar refractivity (Wildman–Crippen MR) is 118 cm³/mol. The van der Waals surface area contributed by atoms with Gasteiger partial charge in [0.05, 0.1) is 12.1 Å². The molecule has 33 heavy (non-hydrogen) atoms. The highest BCUT2D eigenvalue weighted by atomic mass is 19.1. The Hall–Kier alpha value is -4.21. The first kappa shape index (κ1) is 23.5. The van der Waals surface area contributed by atoms with E-state index >= 15 is 0 Å². The first-order valence-electron chi connectivity index (χ1n) is 9.84. The summed E-state index contributed by atoms with van der Waals surface area (Å²) < 4.78 is 28.6. The second kappa shape index (κ2) is 9.51. The number of aryl methyl sites for hydroxylation is 2. The largest absolute Gasteiger partial charge is 0.505 e. The minimum Gasteiger partial charge on any atom is -0.505 e. The highest BCUT2D eigenvalue weighted by Crippen LogP contribution is 2.34. The summed E-state index contributed by atoms with van der Waals surface area (Å²) >= 11 is 0. The third kappa shape index (κ3) is 5.00. The van der Waals surface area contributed by atoms with Gasteiger partial charge >= 0.3 is 12.0 Å². The number of carboxylic acids is 1. The Kier molecular flexibility index (Phi) is 6.76. The lowest BCUT2D eigenvalue weighted by Gasteiger charge is -2.24. The maximum atomic E-state index is 14.1. The van der Waals surface area contributed by atoms with Gasteiger partial charge in [-0.05, 0) is 36.8 Å². The van der Waals surface area contributed by atoms with E-state index in [9.17, 15) is 28.3 Å². The minimum atomic E-state index is -1.12. The van der Waals surface area contributed by atoms with Gasteiger partial charge in [-0.25, -0.2) is 13.6 Å². The van der Waals surface area contributed by atoms with Gasteiger partial charge in [-0.2, -0.15) is 0 Å². The van der Waals surface area contributed by atoms with Crippen LogP contribution in [-0.4, -0.2) is 33.3 Å². The summed E-state index contributed by atoms with van der Waals surface area (Å²) in [6, 6.07) is 8.10. The van der Waals surface area contributed by atoms with Crippen molar-refractivity contribution >= 4 is 23.4 Å². The molecule has 0 aliphatic rings. The number of pyridine rings is 1. The number of anilines is 2. The number of hydrogen-bond acceptors (Lipinski definition) is 4. The van der Waals surface area contributed by atoms with Crippen molar-refractivity contribution in [3.63, 3.8) is 0 Å². The lowest BCUT2D eigenvalue weighted by atomic mass is 10.0. The number of benzene rings is 2. The zero-order chi connectivity index (χ0) is 24.3. The van der Waals surface area contributed by atoms with Gasteiger partial charge < -0.3 is 20.1 Å². The molecule has 10 heteroatoms. The zero-order valence-corrected chi connectivity index (χ0v) is 17.8. The molecule has 3 N–H and O–H groups in total. The van der Waals surface area contributed by atoms with E-state index in [-0.39, 0.29) is 29.9 Å². The molecule has 172 valence electrons. The Balaban J connectivity index is 2.08. The summed E-state index contributed by atoms with van der Waals surface area (Å²) in [6.07, 6.45) is 1.06. The first-order valence-corrected chi connectivity index (χ1v) is 9.84. The molecule has 0 aliphatic heterocycles. The number of amides is 2. The second-order valence-electron chi connectivity index (χ2n) is 7.31. The molecular formula is C23H21F2N3O5. The quantitative estimate of drug-likeness (QED) is 0.523. The molecule has 0 atom stereocenters. The maximum Gasteiger partial charge on any atom is 0.326 e. The van der Waals surface area contributed by atoms with Gasteiger partial charge in [0.1, 0.15) is 17.4 Å². The molecule has 0 spiro atoms. The van der Waals surface area contributed by atoms with Gasteiger partial charge in [0, 0.05) is 37.0 Å². The summed E-state index contributed by atoms with van der Waals surface area (Å²) in [5, 5.41) is 21.8. The van der Waals surface area contributed by atoms with Gasteiger partial charge in [-0.15, -0.1) is 0 Å². The third-order valence-electron chi connectivity index (χ3n) is 4.92. The Labute approximate surface area is 187 Å². The van der Waals surface area contributed by atoms with Crippen molar-refractivity contribution in [2.75, 3.05) is 11.4 Å². The standard InChI is InChI=1S/C23H21F2N3O5/c1-13-12-27(2)22(32)20(21(13)31)28(23(33)26-10-9-19(29)30)16-6-3-14(4-7-16)17-8-5-15(24)11-18(17)25/h3-8,11-12,31H,9-10H2,1-2H3,(H,26,33)(H,29,30). The Morgan fingerprint density at radius 3 is 2.39 bits per heavy atom. The molecule has 0 saturated heterocycles. The van der Waals surface area contributed by atoms with Crippen LogP contribution in [0.25, 0.3) is 11.1 Å². The summed E-state index contributed by atoms with van der Waals surface area (Å²) in [7, 11) is 1.46. The van der Waals surface area contributed by atoms with Crippen LogP contribution in [0.1, 0.15) is 12.0 Å². The number of aromatic hydroxyl groups is 1. The average molecular weight is 457 g/mol. The van der Waals surface area contributed by atoms with Crippen molar-refractivity contribution < 1.29 is 28.6 Å². The van der Waals surface area contributed by atoms with Crippen LogP contribution in [0.3, 0.4) is 0 Å². The lowest BCUT2D eigenvalue weighted by Crippen LogP contribution is -2.41. The molecule has 8 nitrogen and oxygen atoms in total. The number of rotatable bonds is 6. The monoisotopic (exact) mass is 457 g/mol. The topological polar surface area (TPSA) is 112 Å². The number of aromatic nitrogens is 1. The van der Waals surface area contributed by atoms with Crippen molar-refractivity contribution in [2.45, 2.75) is 13.3 Å². The van der Waals surface area contributed by atoms with Crippen LogP contribution < -0.4 is 15.8 Å². The van der Waals surface area contributed by atoms with Gasteiger partial charge in [0.25, 0.3) is 5.56 Å². The van der Waals surface area contributed by atoms with Crippen molar-refractivity contribution in [2.24, 2.45) is 7.05 Å². The number of nitrogens with zero attached hydrogens (tertiary/aromatic N) is 2. The van der Waals surface area contributed by atoms with Crippen molar-refractivity contribution in [3.05, 3.63) is 76.2 Å². The number of hydrogen-bond donors (Lipinski definition) is 3. The fourth-order valence-electron chi connectivity index (χ4n) is 3.28. The van der Waals surface area contributed by atoms with E-state index in [4.69, 9.17) is 5.11 Å². The van der Waals surface area contributed by atoms with Gasteiger partial charge in [-0.1, -0.05) is 12.1 Å². The Morgan fingerprint density at radius 2 is 1.79 bits per heavy atom. The van der Waals surface area contributed by atoms with Crippen LogP contribution in [0.5, 0.6) is 5.75 Å². The Bertz CT molecular complexity index is 1270. The minimum absolute atomic E-state index is 0.134. The predicted octanol–water partition coefficient (Wildman–Crippen LogP) is 3.67. The molecule has 0 aliphatic carbocycles. The highest BCUT2D eigenvalue weighted by molar-refractivity contribution is 6.01. The number of nitrogens with one attached hydrogen (secondary N) is 1. The average Bonchev–Trinajstić information content (AvgIpc) is 2.75. The van der Waals surface area contributed by atoms with Crippen LogP contribution in [0.4, 0.5) is 25.0 Å². The molecule has 0 radical (unpaired) electrons. The van der Waals surface area contributed by atoms with E-state index in [1.165, 1.54) is 48.1 Å². The molecule has 2 amide bonds. The second-order valence-corrected chi connectivity index (χ2v) is 7.31. The van der Waals surface area contributed by atoms with E-state index < -0.39 is 34.9 Å². The molecule has 0 saturated carbocycles. The number of halogens is 2. The van der Waals surface area contributed by atoms with E-state index in [0.717, 1.165) is 17.0 Å². The molecule has 1 aromatic heterocycles. The summed E-state index contributed by atoms with van der Waals surface area (Å²) in [5.41, 5.74) is 0.0253. The lowest BCUT2D eigenvalue weighted by molar-refractivity contribution is -0.136. The first-order chi connectivity index (χ1) is 15.6. The normalized spacial score (nSPS) is 10.7. The highest BCUT2D eigenvalue weighted by Gasteiger charge is 2.26. The van der Waals surface area contributed by atoms with Crippen LogP contribution in [-0.2, 0) is 11.8 Å². The molecule has 1 heterocycles. The van der Waals surface area contributed by atoms with E-state index in [0.29, 0.717) is 11.1 Å². The van der Waals surface area contributed by atoms with Crippen LogP contribution >= 0.6 is 0 Å². The van der Waals surface area contributed by atoms with Crippen molar-refractivity contribution in [3.8, 4) is 16.9 Å². The number of urea groups is 1. The van der Waals surface area contributed by atoms with Gasteiger partial charge in [0.2, 0.25) is 0 Å². The summed E-state index contributed by atoms with van der Waals surface area (Å²) in [5.74, 6) is -3.03. The number of aliphatic carboxylic acids is 1. The van der Waals surface area contributed by atoms with Crippen LogP contribution in [0, 0.1) is 18.6 Å². The van der Waals surface area contributed by atoms with E-state index in [1.54, 1.807) is 6.92 Å².